The Morgan fingerprint density at radius 1 is 0.258 bits per heavy atom. The molecule has 0 spiro atoms. The number of ether oxygens (including phenoxy) is 4. The lowest BCUT2D eigenvalue weighted by atomic mass is 9.45. The van der Waals surface area contributed by atoms with Crippen LogP contribution in [0, 0.1) is 29.1 Å². The molecule has 4 fully saturated rings. The molecule has 0 heterocycles. The van der Waals surface area contributed by atoms with E-state index in [-0.39, 0.29) is 45.9 Å². The lowest BCUT2D eigenvalue weighted by molar-refractivity contribution is -0.213. The highest BCUT2D eigenvalue weighted by Crippen LogP contribution is 2.63. The normalized spacial score (nSPS) is 22.6. The van der Waals surface area contributed by atoms with Gasteiger partial charge in [0.2, 0.25) is 0 Å². The molecule has 504 valence electrons. The summed E-state index contributed by atoms with van der Waals surface area (Å²) in [4.78, 5) is 144. The first-order chi connectivity index (χ1) is 43.9. The van der Waals surface area contributed by atoms with E-state index in [0.717, 1.165) is 20.7 Å². The molecule has 8 rings (SSSR count). The molecule has 4 aliphatic rings. The second-order valence-corrected chi connectivity index (χ2v) is 49.8. The highest BCUT2D eigenvalue weighted by Gasteiger charge is 2.57. The lowest BCUT2D eigenvalue weighted by Crippen LogP contribution is -2.54. The van der Waals surface area contributed by atoms with Crippen molar-refractivity contribution in [1.82, 2.24) is 0 Å². The number of hydrogen-bond acceptors (Lipinski definition) is 20. The number of rotatable bonds is 16. The van der Waals surface area contributed by atoms with Crippen LogP contribution in [0.15, 0.2) is 97.1 Å². The Morgan fingerprint density at radius 3 is 0.570 bits per heavy atom. The highest BCUT2D eigenvalue weighted by atomic mass is 28.3. The smallest absolute Gasteiger partial charge is 0.428 e. The van der Waals surface area contributed by atoms with E-state index < -0.39 is 111 Å². The van der Waals surface area contributed by atoms with Crippen LogP contribution in [0.5, 0.6) is 0 Å². The van der Waals surface area contributed by atoms with Crippen LogP contribution in [0.2, 0.25) is 78.6 Å². The standard InChI is InChI=1S/C69H92O20Si4/c1-90(2,3)57-37-13-45(14-38-57)61(70)82-86-65(74)78-53-29-21-49(22-30-53)69(50-23-31-54(32-24-50)79-66(75)87-83-62(71)46-15-39-58(40-16-46)91(4,5)6,51-25-33-55(34-26-51)80-67(76)88-84-63(72)47-17-41-59(42-18-47)92(7,8)9)52-27-35-56(36-28-52)81-68(77)89-85-64(73)48-19-43-60(44-20-48)93(10,11)12/h13-20,37-44,49-56H,21-36H2,1-12H3. The minimum absolute atomic E-state index is 0.0512. The first kappa shape index (κ1) is 71.6. The van der Waals surface area contributed by atoms with E-state index in [4.69, 9.17) is 58.0 Å². The van der Waals surface area contributed by atoms with Gasteiger partial charge in [0, 0.05) is 0 Å². The first-order valence-corrected chi connectivity index (χ1v) is 46.7. The van der Waals surface area contributed by atoms with Crippen LogP contribution in [-0.2, 0) is 58.0 Å². The van der Waals surface area contributed by atoms with Crippen molar-refractivity contribution in [2.45, 2.75) is 206 Å². The third kappa shape index (κ3) is 19.4. The van der Waals surface area contributed by atoms with Crippen molar-refractivity contribution >= 4 is 102 Å². The number of carbonyl (C=O) groups excluding carboxylic acids is 8. The second-order valence-electron chi connectivity index (χ2n) is 29.5. The fourth-order valence-electron chi connectivity index (χ4n) is 14.3. The van der Waals surface area contributed by atoms with Gasteiger partial charge in [-0.15, -0.1) is 0 Å². The van der Waals surface area contributed by atoms with E-state index in [1.54, 1.807) is 48.5 Å². The summed E-state index contributed by atoms with van der Waals surface area (Å²) in [7, 11) is -6.54. The third-order valence-electron chi connectivity index (χ3n) is 19.3. The summed E-state index contributed by atoms with van der Waals surface area (Å²) in [6, 6.07) is 28.2. The van der Waals surface area contributed by atoms with Crippen LogP contribution < -0.4 is 20.7 Å². The van der Waals surface area contributed by atoms with E-state index in [1.165, 1.54) is 0 Å². The van der Waals surface area contributed by atoms with Crippen LogP contribution in [0.4, 0.5) is 19.2 Å². The molecule has 0 N–H and O–H groups in total. The van der Waals surface area contributed by atoms with Crippen LogP contribution in [-0.4, -0.2) is 105 Å². The molecule has 0 atom stereocenters. The molecule has 0 saturated heterocycles. The summed E-state index contributed by atoms with van der Waals surface area (Å²) >= 11 is 0. The van der Waals surface area contributed by atoms with Gasteiger partial charge in [0.1, 0.15) is 24.4 Å². The van der Waals surface area contributed by atoms with Crippen molar-refractivity contribution in [3.8, 4) is 0 Å². The van der Waals surface area contributed by atoms with Gasteiger partial charge in [-0.25, -0.2) is 58.3 Å². The van der Waals surface area contributed by atoms with E-state index in [0.29, 0.717) is 103 Å². The molecule has 0 amide bonds. The lowest BCUT2D eigenvalue weighted by Gasteiger charge is -2.60. The Balaban J connectivity index is 0.971. The zero-order valence-electron chi connectivity index (χ0n) is 55.8. The molecule has 0 aliphatic heterocycles. The Labute approximate surface area is 549 Å². The van der Waals surface area contributed by atoms with E-state index >= 15 is 0 Å². The maximum atomic E-state index is 13.2. The Hall–Kier alpha value is -7.29. The van der Waals surface area contributed by atoms with Gasteiger partial charge in [-0.05, 0) is 180 Å². The van der Waals surface area contributed by atoms with Crippen molar-refractivity contribution in [2.24, 2.45) is 29.1 Å². The van der Waals surface area contributed by atoms with Gasteiger partial charge >= 0.3 is 48.5 Å². The molecule has 0 unspecified atom stereocenters. The molecule has 4 saturated carbocycles. The molecular formula is C69H92O20Si4. The van der Waals surface area contributed by atoms with Crippen molar-refractivity contribution in [3.63, 3.8) is 0 Å². The summed E-state index contributed by atoms with van der Waals surface area (Å²) in [5.41, 5.74) is 0.481. The fourth-order valence-corrected chi connectivity index (χ4v) is 18.9. The average Bonchev–Trinajstić information content (AvgIpc) is 0.736. The SMILES string of the molecule is C[Si](C)(C)c1ccc(C(=O)OOC(=O)OC2CCC(C(C3CCC(OC(=O)OOC(=O)c4ccc([Si](C)(C)C)cc4)CC3)(C3CCC(OC(=O)OOC(=O)c4ccc([Si](C)(C)C)cc4)CC3)C3CCC(OC(=O)OOC(=O)c4ccc([Si](C)(C)C)cc4)CC3)CC2)cc1. The molecular weight excluding hydrogens is 1260 g/mol. The first-order valence-electron chi connectivity index (χ1n) is 32.7. The van der Waals surface area contributed by atoms with Gasteiger partial charge in [0.05, 0.1) is 54.5 Å². The monoisotopic (exact) mass is 1350 g/mol. The second kappa shape index (κ2) is 30.8. The molecule has 0 aromatic heterocycles. The van der Waals surface area contributed by atoms with Gasteiger partial charge in [-0.1, -0.05) is 148 Å². The van der Waals surface area contributed by atoms with Crippen molar-refractivity contribution in [3.05, 3.63) is 119 Å². The molecule has 4 aliphatic carbocycles. The number of benzene rings is 4. The minimum atomic E-state index is -1.64. The van der Waals surface area contributed by atoms with Crippen molar-refractivity contribution < 1.29 is 96.4 Å². The Bertz CT molecular complexity index is 2790. The zero-order chi connectivity index (χ0) is 67.5. The topological polar surface area (TPSA) is 247 Å². The van der Waals surface area contributed by atoms with Gasteiger partial charge in [0.15, 0.2) is 0 Å². The van der Waals surface area contributed by atoms with Crippen molar-refractivity contribution in [1.29, 1.82) is 0 Å². The summed E-state index contributed by atoms with van der Waals surface area (Å²) in [5, 5.41) is 4.60. The maximum absolute atomic E-state index is 13.2. The summed E-state index contributed by atoms with van der Waals surface area (Å²) < 4.78 is 23.3. The number of carbonyl (C=O) groups is 8. The summed E-state index contributed by atoms with van der Waals surface area (Å²) in [6.07, 6.45) is 2.09. The average molecular weight is 1350 g/mol. The quantitative estimate of drug-likeness (QED) is 0.0332. The zero-order valence-corrected chi connectivity index (χ0v) is 59.8. The van der Waals surface area contributed by atoms with Crippen LogP contribution in [0.3, 0.4) is 0 Å². The predicted molar refractivity (Wildman–Crippen MR) is 355 cm³/mol. The molecule has 93 heavy (non-hydrogen) atoms. The Morgan fingerprint density at radius 2 is 0.419 bits per heavy atom. The van der Waals surface area contributed by atoms with Crippen LogP contribution in [0.25, 0.3) is 0 Å². The third-order valence-corrected chi connectivity index (χ3v) is 27.5. The van der Waals surface area contributed by atoms with Gasteiger partial charge in [0.25, 0.3) is 0 Å². The largest absolute Gasteiger partial charge is 0.550 e. The fraction of sp³-hybridized carbons (Fsp3) is 0.536. The Kier molecular flexibility index (Phi) is 23.7. The highest BCUT2D eigenvalue weighted by molar-refractivity contribution is 6.90. The maximum Gasteiger partial charge on any atom is 0.550 e. The van der Waals surface area contributed by atoms with E-state index in [1.807, 2.05) is 48.5 Å². The molecule has 4 aromatic carbocycles. The summed E-state index contributed by atoms with van der Waals surface area (Å²) in [6.45, 7) is 26.3. The molecule has 4 aromatic rings. The van der Waals surface area contributed by atoms with Crippen molar-refractivity contribution in [2.75, 3.05) is 0 Å². The molecule has 0 radical (unpaired) electrons. The van der Waals surface area contributed by atoms with Crippen LogP contribution >= 0.6 is 0 Å². The van der Waals surface area contributed by atoms with Gasteiger partial charge in [-0.3, -0.25) is 0 Å². The predicted octanol–water partition coefficient (Wildman–Crippen LogP) is 14.1. The molecule has 20 nitrogen and oxygen atoms in total. The number of hydrogen-bond donors (Lipinski definition) is 0. The van der Waals surface area contributed by atoms with E-state index in [2.05, 4.69) is 78.6 Å². The van der Waals surface area contributed by atoms with Gasteiger partial charge in [-0.2, -0.15) is 19.2 Å². The van der Waals surface area contributed by atoms with Crippen LogP contribution in [0.1, 0.15) is 144 Å². The van der Waals surface area contributed by atoms with Gasteiger partial charge < -0.3 is 18.9 Å². The van der Waals surface area contributed by atoms with E-state index in [9.17, 15) is 38.4 Å². The molecule has 0 bridgehead atoms. The molecule has 24 heteroatoms. The summed E-state index contributed by atoms with van der Waals surface area (Å²) in [5.74, 6) is -3.13. The minimum Gasteiger partial charge on any atom is -0.428 e.